The van der Waals surface area contributed by atoms with E-state index in [4.69, 9.17) is 4.74 Å². The van der Waals surface area contributed by atoms with Gasteiger partial charge in [0.1, 0.15) is 5.82 Å². The Balaban J connectivity index is 2.06. The van der Waals surface area contributed by atoms with Gasteiger partial charge in [0.25, 0.3) is 0 Å². The van der Waals surface area contributed by atoms with Crippen molar-refractivity contribution < 1.29 is 13.9 Å². The second-order valence-electron chi connectivity index (χ2n) is 5.30. The molecule has 0 aromatic heterocycles. The summed E-state index contributed by atoms with van der Waals surface area (Å²) in [7, 11) is 0. The molecule has 0 heterocycles. The van der Waals surface area contributed by atoms with Gasteiger partial charge in [-0.1, -0.05) is 26.0 Å². The molecule has 20 heavy (non-hydrogen) atoms. The van der Waals surface area contributed by atoms with Crippen LogP contribution in [-0.2, 0) is 16.0 Å². The smallest absolute Gasteiger partial charge is 0.220 e. The number of hydrogen-bond donors (Lipinski definition) is 1. The second kappa shape index (κ2) is 9.48. The standard InChI is InChI=1S/C16H24FNO2/c1-13(2)12-20-10-4-9-18-16(19)8-7-14-5-3-6-15(17)11-14/h3,5-6,11,13H,4,7-10,12H2,1-2H3,(H,18,19). The van der Waals surface area contributed by atoms with Gasteiger partial charge < -0.3 is 10.1 Å². The van der Waals surface area contributed by atoms with Crippen LogP contribution in [0.25, 0.3) is 0 Å². The normalized spacial score (nSPS) is 10.8. The molecule has 1 aromatic carbocycles. The Kier molecular flexibility index (Phi) is 7.88. The van der Waals surface area contributed by atoms with Gasteiger partial charge in [0.05, 0.1) is 0 Å². The van der Waals surface area contributed by atoms with Crippen molar-refractivity contribution in [3.63, 3.8) is 0 Å². The minimum absolute atomic E-state index is 0.00174. The summed E-state index contributed by atoms with van der Waals surface area (Å²) in [6.07, 6.45) is 1.77. The zero-order valence-corrected chi connectivity index (χ0v) is 12.3. The highest BCUT2D eigenvalue weighted by Gasteiger charge is 2.02. The third-order valence-corrected chi connectivity index (χ3v) is 2.77. The molecule has 0 saturated carbocycles. The van der Waals surface area contributed by atoms with Crippen molar-refractivity contribution in [2.45, 2.75) is 33.1 Å². The van der Waals surface area contributed by atoms with E-state index >= 15 is 0 Å². The van der Waals surface area contributed by atoms with Gasteiger partial charge in [-0.05, 0) is 36.5 Å². The topological polar surface area (TPSA) is 38.3 Å². The minimum atomic E-state index is -0.259. The summed E-state index contributed by atoms with van der Waals surface area (Å²) < 4.78 is 18.4. The van der Waals surface area contributed by atoms with E-state index in [-0.39, 0.29) is 11.7 Å². The second-order valence-corrected chi connectivity index (χ2v) is 5.30. The van der Waals surface area contributed by atoms with Gasteiger partial charge >= 0.3 is 0 Å². The number of benzene rings is 1. The molecule has 3 nitrogen and oxygen atoms in total. The zero-order chi connectivity index (χ0) is 14.8. The molecule has 0 saturated heterocycles. The molecule has 0 aliphatic rings. The molecule has 1 amide bonds. The molecule has 112 valence electrons. The van der Waals surface area contributed by atoms with Gasteiger partial charge in [0.15, 0.2) is 0 Å². The van der Waals surface area contributed by atoms with Crippen LogP contribution in [0.4, 0.5) is 4.39 Å². The fraction of sp³-hybridized carbons (Fsp3) is 0.562. The molecule has 0 aliphatic carbocycles. The van der Waals surface area contributed by atoms with Crippen LogP contribution in [0.3, 0.4) is 0 Å². The molecule has 1 N–H and O–H groups in total. The Morgan fingerprint density at radius 1 is 1.40 bits per heavy atom. The maximum absolute atomic E-state index is 13.0. The molecular formula is C16H24FNO2. The van der Waals surface area contributed by atoms with Crippen LogP contribution in [0.5, 0.6) is 0 Å². The van der Waals surface area contributed by atoms with E-state index in [0.29, 0.717) is 31.9 Å². The van der Waals surface area contributed by atoms with Gasteiger partial charge in [-0.2, -0.15) is 0 Å². The van der Waals surface area contributed by atoms with Crippen molar-refractivity contribution in [3.8, 4) is 0 Å². The largest absolute Gasteiger partial charge is 0.381 e. The molecular weight excluding hydrogens is 257 g/mol. The highest BCUT2D eigenvalue weighted by molar-refractivity contribution is 5.76. The number of amides is 1. The Bertz CT molecular complexity index is 407. The first kappa shape index (κ1) is 16.6. The Morgan fingerprint density at radius 3 is 2.90 bits per heavy atom. The fourth-order valence-electron chi connectivity index (χ4n) is 1.76. The van der Waals surface area contributed by atoms with Gasteiger partial charge in [0.2, 0.25) is 5.91 Å². The monoisotopic (exact) mass is 281 g/mol. The summed E-state index contributed by atoms with van der Waals surface area (Å²) in [5.41, 5.74) is 0.848. The molecule has 0 spiro atoms. The molecule has 0 fully saturated rings. The van der Waals surface area contributed by atoms with E-state index in [9.17, 15) is 9.18 Å². The summed E-state index contributed by atoms with van der Waals surface area (Å²) in [6, 6.07) is 6.36. The molecule has 1 aromatic rings. The highest BCUT2D eigenvalue weighted by atomic mass is 19.1. The van der Waals surface area contributed by atoms with Crippen LogP contribution in [0, 0.1) is 11.7 Å². The van der Waals surface area contributed by atoms with Crippen LogP contribution < -0.4 is 5.32 Å². The number of carbonyl (C=O) groups is 1. The van der Waals surface area contributed by atoms with Crippen molar-refractivity contribution in [2.24, 2.45) is 5.92 Å². The maximum Gasteiger partial charge on any atom is 0.220 e. The minimum Gasteiger partial charge on any atom is -0.381 e. The number of hydrogen-bond acceptors (Lipinski definition) is 2. The number of carbonyl (C=O) groups excluding carboxylic acids is 1. The number of rotatable bonds is 9. The van der Waals surface area contributed by atoms with Gasteiger partial charge in [-0.3, -0.25) is 4.79 Å². The lowest BCUT2D eigenvalue weighted by Gasteiger charge is -2.08. The van der Waals surface area contributed by atoms with Crippen molar-refractivity contribution in [2.75, 3.05) is 19.8 Å². The maximum atomic E-state index is 13.0. The van der Waals surface area contributed by atoms with E-state index in [1.54, 1.807) is 6.07 Å². The van der Waals surface area contributed by atoms with Crippen LogP contribution in [0.15, 0.2) is 24.3 Å². The number of halogens is 1. The first-order chi connectivity index (χ1) is 9.58. The third-order valence-electron chi connectivity index (χ3n) is 2.77. The lowest BCUT2D eigenvalue weighted by Crippen LogP contribution is -2.25. The summed E-state index contributed by atoms with van der Waals surface area (Å²) in [6.45, 7) is 6.26. The van der Waals surface area contributed by atoms with E-state index in [2.05, 4.69) is 19.2 Å². The number of ether oxygens (including phenoxy) is 1. The van der Waals surface area contributed by atoms with Crippen LogP contribution in [0.2, 0.25) is 0 Å². The predicted molar refractivity (Wildman–Crippen MR) is 78.0 cm³/mol. The molecule has 1 rings (SSSR count). The van der Waals surface area contributed by atoms with Crippen LogP contribution in [-0.4, -0.2) is 25.7 Å². The number of aryl methyl sites for hydroxylation is 1. The summed E-state index contributed by atoms with van der Waals surface area (Å²) >= 11 is 0. The molecule has 0 radical (unpaired) electrons. The molecule has 4 heteroatoms. The molecule has 0 unspecified atom stereocenters. The van der Waals surface area contributed by atoms with Crippen LogP contribution >= 0.6 is 0 Å². The highest BCUT2D eigenvalue weighted by Crippen LogP contribution is 2.06. The van der Waals surface area contributed by atoms with Gasteiger partial charge in [0, 0.05) is 26.2 Å². The summed E-state index contributed by atoms with van der Waals surface area (Å²) in [5, 5.41) is 2.84. The van der Waals surface area contributed by atoms with Gasteiger partial charge in [-0.25, -0.2) is 4.39 Å². The Morgan fingerprint density at radius 2 is 2.20 bits per heavy atom. The van der Waals surface area contributed by atoms with E-state index in [1.165, 1.54) is 12.1 Å². The molecule has 0 atom stereocenters. The molecule has 0 aliphatic heterocycles. The quantitative estimate of drug-likeness (QED) is 0.707. The SMILES string of the molecule is CC(C)COCCCNC(=O)CCc1cccc(F)c1. The lowest BCUT2D eigenvalue weighted by molar-refractivity contribution is -0.121. The zero-order valence-electron chi connectivity index (χ0n) is 12.3. The van der Waals surface area contributed by atoms with Crippen molar-refractivity contribution in [3.05, 3.63) is 35.6 Å². The van der Waals surface area contributed by atoms with Gasteiger partial charge in [-0.15, -0.1) is 0 Å². The third kappa shape index (κ3) is 7.89. The van der Waals surface area contributed by atoms with E-state index in [1.807, 2.05) is 6.07 Å². The first-order valence-electron chi connectivity index (χ1n) is 7.17. The van der Waals surface area contributed by atoms with E-state index in [0.717, 1.165) is 18.6 Å². The Labute approximate surface area is 120 Å². The summed E-state index contributed by atoms with van der Waals surface area (Å²) in [4.78, 5) is 11.6. The van der Waals surface area contributed by atoms with Crippen molar-refractivity contribution in [1.82, 2.24) is 5.32 Å². The lowest BCUT2D eigenvalue weighted by atomic mass is 10.1. The first-order valence-corrected chi connectivity index (χ1v) is 7.17. The average Bonchev–Trinajstić information content (AvgIpc) is 2.40. The number of nitrogens with one attached hydrogen (secondary N) is 1. The van der Waals surface area contributed by atoms with Crippen molar-refractivity contribution >= 4 is 5.91 Å². The summed E-state index contributed by atoms with van der Waals surface area (Å²) in [5.74, 6) is 0.277. The van der Waals surface area contributed by atoms with Crippen molar-refractivity contribution in [1.29, 1.82) is 0 Å². The Hall–Kier alpha value is -1.42. The average molecular weight is 281 g/mol. The predicted octanol–water partition coefficient (Wildman–Crippen LogP) is 2.94. The fourth-order valence-corrected chi connectivity index (χ4v) is 1.76. The van der Waals surface area contributed by atoms with Crippen LogP contribution in [0.1, 0.15) is 32.3 Å². The van der Waals surface area contributed by atoms with E-state index < -0.39 is 0 Å². The molecule has 0 bridgehead atoms.